The zero-order chi connectivity index (χ0) is 16.4. The van der Waals surface area contributed by atoms with E-state index in [2.05, 4.69) is 6.58 Å². The largest absolute Gasteiger partial charge is 0.309 e. The van der Waals surface area contributed by atoms with Crippen molar-refractivity contribution < 1.29 is 13.2 Å². The normalized spacial score (nSPS) is 19.2. The predicted molar refractivity (Wildman–Crippen MR) is 89.9 cm³/mol. The number of amides is 1. The third-order valence-electron chi connectivity index (χ3n) is 4.56. The topological polar surface area (TPSA) is 57.7 Å². The van der Waals surface area contributed by atoms with Crippen LogP contribution in [0.2, 0.25) is 0 Å². The highest BCUT2D eigenvalue weighted by Gasteiger charge is 2.28. The molecule has 23 heavy (non-hydrogen) atoms. The Balaban J connectivity index is 1.94. The number of carbonyl (C=O) groups excluding carboxylic acids is 1. The van der Waals surface area contributed by atoms with Gasteiger partial charge < -0.3 is 4.90 Å². The van der Waals surface area contributed by atoms with Crippen LogP contribution in [0, 0.1) is 0 Å². The second-order valence-electron chi connectivity index (χ2n) is 6.05. The molecule has 1 aromatic rings. The van der Waals surface area contributed by atoms with Gasteiger partial charge in [-0.25, -0.2) is 8.42 Å². The van der Waals surface area contributed by atoms with E-state index in [4.69, 9.17) is 0 Å². The third-order valence-corrected chi connectivity index (χ3v) is 6.46. The summed E-state index contributed by atoms with van der Waals surface area (Å²) in [6.45, 7) is 5.38. The molecule has 1 saturated heterocycles. The van der Waals surface area contributed by atoms with Crippen LogP contribution < -0.4 is 4.90 Å². The van der Waals surface area contributed by atoms with Gasteiger partial charge in [0.25, 0.3) is 0 Å². The van der Waals surface area contributed by atoms with Gasteiger partial charge in [0.1, 0.15) is 0 Å². The molecule has 2 aliphatic rings. The third kappa shape index (κ3) is 3.05. The zero-order valence-corrected chi connectivity index (χ0v) is 14.0. The molecule has 1 amide bonds. The lowest BCUT2D eigenvalue weighted by molar-refractivity contribution is -0.114. The molecule has 0 N–H and O–H groups in total. The number of hydrogen-bond acceptors (Lipinski definition) is 3. The molecule has 0 bridgehead atoms. The van der Waals surface area contributed by atoms with Gasteiger partial charge in [-0.2, -0.15) is 4.31 Å². The Morgan fingerprint density at radius 2 is 1.83 bits per heavy atom. The molecule has 0 saturated carbocycles. The molecular weight excluding hydrogens is 312 g/mol. The summed E-state index contributed by atoms with van der Waals surface area (Å²) in [4.78, 5) is 13.9. The molecule has 2 heterocycles. The first kappa shape index (κ1) is 16.2. The summed E-state index contributed by atoms with van der Waals surface area (Å²) in [5, 5.41) is 0. The van der Waals surface area contributed by atoms with Gasteiger partial charge in [0.15, 0.2) is 0 Å². The molecule has 0 atom stereocenters. The molecule has 124 valence electrons. The van der Waals surface area contributed by atoms with E-state index in [0.29, 0.717) is 24.5 Å². The van der Waals surface area contributed by atoms with Crippen LogP contribution in [0.4, 0.5) is 5.69 Å². The maximum Gasteiger partial charge on any atom is 0.250 e. The molecule has 6 heteroatoms. The van der Waals surface area contributed by atoms with Crippen LogP contribution in [0.25, 0.3) is 0 Å². The van der Waals surface area contributed by atoms with Crippen molar-refractivity contribution in [1.29, 1.82) is 0 Å². The average molecular weight is 334 g/mol. The molecule has 5 nitrogen and oxygen atoms in total. The SMILES string of the molecule is C=CC(=O)N1CCCc2cc(S(=O)(=O)N3CCCCC3)ccc21. The number of rotatable bonds is 3. The summed E-state index contributed by atoms with van der Waals surface area (Å²) in [6.07, 6.45) is 5.86. The van der Waals surface area contributed by atoms with Gasteiger partial charge in [-0.05, 0) is 55.5 Å². The summed E-state index contributed by atoms with van der Waals surface area (Å²) in [7, 11) is -3.43. The number of benzene rings is 1. The quantitative estimate of drug-likeness (QED) is 0.797. The van der Waals surface area contributed by atoms with Crippen molar-refractivity contribution in [2.24, 2.45) is 0 Å². The second-order valence-corrected chi connectivity index (χ2v) is 7.99. The number of aryl methyl sites for hydroxylation is 1. The fourth-order valence-corrected chi connectivity index (χ4v) is 4.90. The van der Waals surface area contributed by atoms with Gasteiger partial charge in [-0.15, -0.1) is 0 Å². The van der Waals surface area contributed by atoms with Gasteiger partial charge in [0.2, 0.25) is 15.9 Å². The van der Waals surface area contributed by atoms with Crippen molar-refractivity contribution in [2.75, 3.05) is 24.5 Å². The van der Waals surface area contributed by atoms with Gasteiger partial charge in [0.05, 0.1) is 4.90 Å². The van der Waals surface area contributed by atoms with Crippen molar-refractivity contribution in [1.82, 2.24) is 4.31 Å². The molecule has 0 radical (unpaired) electrons. The lowest BCUT2D eigenvalue weighted by atomic mass is 10.0. The van der Waals surface area contributed by atoms with Crippen LogP contribution in [-0.4, -0.2) is 38.3 Å². The molecule has 2 aliphatic heterocycles. The molecular formula is C17H22N2O3S. The Morgan fingerprint density at radius 1 is 1.09 bits per heavy atom. The van der Waals surface area contributed by atoms with Crippen molar-refractivity contribution >= 4 is 21.6 Å². The summed E-state index contributed by atoms with van der Waals surface area (Å²) >= 11 is 0. The van der Waals surface area contributed by atoms with Crippen molar-refractivity contribution in [2.45, 2.75) is 37.0 Å². The fraction of sp³-hybridized carbons (Fsp3) is 0.471. The van der Waals surface area contributed by atoms with E-state index in [0.717, 1.165) is 43.4 Å². The summed E-state index contributed by atoms with van der Waals surface area (Å²) in [5.41, 5.74) is 1.73. The highest BCUT2D eigenvalue weighted by Crippen LogP contribution is 2.31. The van der Waals surface area contributed by atoms with Crippen LogP contribution in [-0.2, 0) is 21.2 Å². The first-order valence-corrected chi connectivity index (χ1v) is 9.55. The monoisotopic (exact) mass is 334 g/mol. The average Bonchev–Trinajstić information content (AvgIpc) is 2.60. The van der Waals surface area contributed by atoms with E-state index in [1.807, 2.05) is 0 Å². The van der Waals surface area contributed by atoms with E-state index in [1.165, 1.54) is 6.08 Å². The zero-order valence-electron chi connectivity index (χ0n) is 13.2. The minimum Gasteiger partial charge on any atom is -0.309 e. The van der Waals surface area contributed by atoms with Crippen LogP contribution in [0.15, 0.2) is 35.7 Å². The van der Waals surface area contributed by atoms with E-state index in [1.54, 1.807) is 27.4 Å². The Hall–Kier alpha value is -1.66. The number of fused-ring (bicyclic) bond motifs is 1. The highest BCUT2D eigenvalue weighted by molar-refractivity contribution is 7.89. The van der Waals surface area contributed by atoms with Gasteiger partial charge in [-0.3, -0.25) is 4.79 Å². The van der Waals surface area contributed by atoms with Crippen LogP contribution >= 0.6 is 0 Å². The van der Waals surface area contributed by atoms with Crippen LogP contribution in [0.3, 0.4) is 0 Å². The molecule has 3 rings (SSSR count). The standard InChI is InChI=1S/C17H22N2O3S/c1-2-17(20)19-12-6-7-14-13-15(8-9-16(14)19)23(21,22)18-10-4-3-5-11-18/h2,8-9,13H,1,3-7,10-12H2. The Bertz CT molecular complexity index is 721. The highest BCUT2D eigenvalue weighted by atomic mass is 32.2. The Morgan fingerprint density at radius 3 is 2.52 bits per heavy atom. The summed E-state index contributed by atoms with van der Waals surface area (Å²) < 4.78 is 27.1. The predicted octanol–water partition coefficient (Wildman–Crippen LogP) is 2.33. The maximum absolute atomic E-state index is 12.8. The Kier molecular flexibility index (Phi) is 4.55. The van der Waals surface area contributed by atoms with Crippen LogP contribution in [0.1, 0.15) is 31.2 Å². The molecule has 1 fully saturated rings. The Labute approximate surface area is 137 Å². The van der Waals surface area contributed by atoms with E-state index >= 15 is 0 Å². The maximum atomic E-state index is 12.8. The molecule has 0 aromatic heterocycles. The number of sulfonamides is 1. The van der Waals surface area contributed by atoms with Crippen molar-refractivity contribution in [3.05, 3.63) is 36.4 Å². The van der Waals surface area contributed by atoms with Crippen molar-refractivity contribution in [3.63, 3.8) is 0 Å². The number of piperidine rings is 1. The first-order chi connectivity index (χ1) is 11.0. The van der Waals surface area contributed by atoms with Gasteiger partial charge in [-0.1, -0.05) is 13.0 Å². The number of hydrogen-bond donors (Lipinski definition) is 0. The number of anilines is 1. The minimum atomic E-state index is -3.43. The first-order valence-electron chi connectivity index (χ1n) is 8.11. The second kappa shape index (κ2) is 6.45. The van der Waals surface area contributed by atoms with E-state index < -0.39 is 10.0 Å². The van der Waals surface area contributed by atoms with Gasteiger partial charge >= 0.3 is 0 Å². The summed E-state index contributed by atoms with van der Waals surface area (Å²) in [6, 6.07) is 5.12. The van der Waals surface area contributed by atoms with Gasteiger partial charge in [0, 0.05) is 25.3 Å². The molecule has 1 aromatic carbocycles. The molecule has 0 unspecified atom stereocenters. The fourth-order valence-electron chi connectivity index (χ4n) is 3.33. The molecule has 0 spiro atoms. The minimum absolute atomic E-state index is 0.141. The lowest BCUT2D eigenvalue weighted by Gasteiger charge is -2.30. The van der Waals surface area contributed by atoms with Crippen LogP contribution in [0.5, 0.6) is 0 Å². The smallest absolute Gasteiger partial charge is 0.250 e. The number of nitrogens with zero attached hydrogens (tertiary/aromatic N) is 2. The van der Waals surface area contributed by atoms with E-state index in [9.17, 15) is 13.2 Å². The van der Waals surface area contributed by atoms with Crippen molar-refractivity contribution in [3.8, 4) is 0 Å². The summed E-state index contributed by atoms with van der Waals surface area (Å²) in [5.74, 6) is -0.141. The lowest BCUT2D eigenvalue weighted by Crippen LogP contribution is -2.36. The molecule has 0 aliphatic carbocycles. The van der Waals surface area contributed by atoms with E-state index in [-0.39, 0.29) is 5.91 Å². The number of carbonyl (C=O) groups is 1.